The van der Waals surface area contributed by atoms with Crippen LogP contribution >= 0.6 is 15.9 Å². The number of hydrogen-bond acceptors (Lipinski definition) is 5. The molecule has 8 nitrogen and oxygen atoms in total. The number of carbonyl (C=O) groups excluding carboxylic acids is 2. The molecule has 0 aliphatic carbocycles. The number of alkyl carbamates (subject to hydrolysis) is 1. The first-order chi connectivity index (χ1) is 11.9. The van der Waals surface area contributed by atoms with Gasteiger partial charge in [-0.1, -0.05) is 15.9 Å². The zero-order chi connectivity index (χ0) is 18.0. The zero-order valence-electron chi connectivity index (χ0n) is 13.5. The summed E-state index contributed by atoms with van der Waals surface area (Å²) in [6.07, 6.45) is 2.13. The van der Waals surface area contributed by atoms with E-state index in [9.17, 15) is 14.4 Å². The third kappa shape index (κ3) is 3.98. The van der Waals surface area contributed by atoms with Crippen LogP contribution in [0.1, 0.15) is 24.1 Å². The van der Waals surface area contributed by atoms with Gasteiger partial charge in [0.05, 0.1) is 11.3 Å². The van der Waals surface area contributed by atoms with E-state index < -0.39 is 6.09 Å². The van der Waals surface area contributed by atoms with Crippen LogP contribution in [0.5, 0.6) is 0 Å². The number of carbonyl (C=O) groups is 2. The third-order valence-corrected chi connectivity index (χ3v) is 4.51. The predicted octanol–water partition coefficient (Wildman–Crippen LogP) is 1.27. The normalized spacial score (nSPS) is 16.7. The maximum Gasteiger partial charge on any atom is 0.407 e. The molecule has 1 fully saturated rings. The fourth-order valence-corrected chi connectivity index (χ4v) is 2.98. The van der Waals surface area contributed by atoms with Gasteiger partial charge in [0.1, 0.15) is 12.3 Å². The molecule has 0 saturated carbocycles. The van der Waals surface area contributed by atoms with E-state index in [0.717, 1.165) is 4.47 Å². The number of hydrogen-bond donors (Lipinski definition) is 2. The van der Waals surface area contributed by atoms with E-state index in [2.05, 4.69) is 31.5 Å². The van der Waals surface area contributed by atoms with Gasteiger partial charge < -0.3 is 15.4 Å². The Labute approximate surface area is 151 Å². The summed E-state index contributed by atoms with van der Waals surface area (Å²) in [5, 5.41) is 5.34. The second-order valence-corrected chi connectivity index (χ2v) is 6.73. The third-order valence-electron chi connectivity index (χ3n) is 4.02. The van der Waals surface area contributed by atoms with Gasteiger partial charge in [-0.15, -0.1) is 0 Å². The summed E-state index contributed by atoms with van der Waals surface area (Å²) in [6, 6.07) is 3.40. The lowest BCUT2D eigenvalue weighted by molar-refractivity contribution is -0.119. The molecule has 9 heteroatoms. The average Bonchev–Trinajstić information content (AvgIpc) is 2.98. The Morgan fingerprint density at radius 2 is 2.32 bits per heavy atom. The Morgan fingerprint density at radius 1 is 1.52 bits per heavy atom. The van der Waals surface area contributed by atoms with Crippen LogP contribution in [-0.4, -0.2) is 34.0 Å². The molecule has 0 bridgehead atoms. The molecule has 2 N–H and O–H groups in total. The standard InChI is InChI=1S/C16H17BrN4O4/c1-9-12(15(23)21-5-4-10(17)6-13(21)19-9)8-25-16(24)18-7-11-2-3-14(22)20-11/h4-6,11H,2-3,7-8H2,1H3,(H,18,24)(H,20,22). The van der Waals surface area contributed by atoms with Crippen LogP contribution in [0.25, 0.3) is 5.65 Å². The Kier molecular flexibility index (Phi) is 5.03. The van der Waals surface area contributed by atoms with Crippen LogP contribution in [0.4, 0.5) is 4.79 Å². The van der Waals surface area contributed by atoms with Crippen molar-refractivity contribution >= 4 is 33.6 Å². The van der Waals surface area contributed by atoms with Gasteiger partial charge in [-0.3, -0.25) is 14.0 Å². The minimum absolute atomic E-state index is 0.0160. The van der Waals surface area contributed by atoms with Gasteiger partial charge in [-0.05, 0) is 25.5 Å². The molecule has 1 aliphatic rings. The van der Waals surface area contributed by atoms with Crippen molar-refractivity contribution in [2.24, 2.45) is 0 Å². The van der Waals surface area contributed by atoms with E-state index in [1.54, 1.807) is 25.3 Å². The number of nitrogens with zero attached hydrogens (tertiary/aromatic N) is 2. The van der Waals surface area contributed by atoms with Crippen LogP contribution in [-0.2, 0) is 16.1 Å². The van der Waals surface area contributed by atoms with E-state index >= 15 is 0 Å². The van der Waals surface area contributed by atoms with Gasteiger partial charge in [-0.25, -0.2) is 9.78 Å². The van der Waals surface area contributed by atoms with Crippen LogP contribution in [0.2, 0.25) is 0 Å². The molecule has 1 aliphatic heterocycles. The second kappa shape index (κ2) is 7.22. The molecular weight excluding hydrogens is 392 g/mol. The number of aromatic nitrogens is 2. The number of nitrogens with one attached hydrogen (secondary N) is 2. The minimum atomic E-state index is -0.638. The van der Waals surface area contributed by atoms with E-state index in [0.29, 0.717) is 36.3 Å². The minimum Gasteiger partial charge on any atom is -0.444 e. The molecule has 2 aromatic heterocycles. The Bertz CT molecular complexity index is 896. The van der Waals surface area contributed by atoms with Crippen molar-refractivity contribution in [2.75, 3.05) is 6.54 Å². The Balaban J connectivity index is 1.64. The number of aryl methyl sites for hydroxylation is 1. The summed E-state index contributed by atoms with van der Waals surface area (Å²) < 4.78 is 7.35. The number of amides is 2. The smallest absolute Gasteiger partial charge is 0.407 e. The fourth-order valence-electron chi connectivity index (χ4n) is 2.65. The molecule has 3 heterocycles. The Morgan fingerprint density at radius 3 is 3.04 bits per heavy atom. The number of rotatable bonds is 4. The molecule has 2 aromatic rings. The first-order valence-corrected chi connectivity index (χ1v) is 8.60. The van der Waals surface area contributed by atoms with Gasteiger partial charge in [0.15, 0.2) is 0 Å². The van der Waals surface area contributed by atoms with Crippen LogP contribution < -0.4 is 16.2 Å². The molecule has 132 valence electrons. The molecular formula is C16H17BrN4O4. The fraction of sp³-hybridized carbons (Fsp3) is 0.375. The molecule has 25 heavy (non-hydrogen) atoms. The predicted molar refractivity (Wildman–Crippen MR) is 93.3 cm³/mol. The van der Waals surface area contributed by atoms with E-state index in [1.165, 1.54) is 4.40 Å². The maximum atomic E-state index is 12.5. The van der Waals surface area contributed by atoms with Crippen LogP contribution in [0, 0.1) is 6.92 Å². The second-order valence-electron chi connectivity index (χ2n) is 5.81. The van der Waals surface area contributed by atoms with Crippen molar-refractivity contribution in [3.05, 3.63) is 44.4 Å². The number of halogens is 1. The maximum absolute atomic E-state index is 12.5. The largest absolute Gasteiger partial charge is 0.444 e. The van der Waals surface area contributed by atoms with E-state index in [4.69, 9.17) is 4.74 Å². The van der Waals surface area contributed by atoms with Crippen molar-refractivity contribution in [1.29, 1.82) is 0 Å². The number of ether oxygens (including phenoxy) is 1. The number of pyridine rings is 1. The van der Waals surface area contributed by atoms with Gasteiger partial charge in [0, 0.05) is 29.7 Å². The molecule has 2 amide bonds. The summed E-state index contributed by atoms with van der Waals surface area (Å²) in [4.78, 5) is 39.8. The highest BCUT2D eigenvalue weighted by molar-refractivity contribution is 9.10. The zero-order valence-corrected chi connectivity index (χ0v) is 15.1. The monoisotopic (exact) mass is 408 g/mol. The molecule has 1 saturated heterocycles. The highest BCUT2D eigenvalue weighted by Gasteiger charge is 2.21. The van der Waals surface area contributed by atoms with Crippen molar-refractivity contribution in [3.8, 4) is 0 Å². The summed E-state index contributed by atoms with van der Waals surface area (Å²) in [6.45, 7) is 1.83. The quantitative estimate of drug-likeness (QED) is 0.792. The molecule has 1 unspecified atom stereocenters. The highest BCUT2D eigenvalue weighted by atomic mass is 79.9. The Hall–Kier alpha value is -2.42. The molecule has 3 rings (SSSR count). The van der Waals surface area contributed by atoms with Gasteiger partial charge in [0.2, 0.25) is 5.91 Å². The summed E-state index contributed by atoms with van der Waals surface area (Å²) in [5.41, 5.74) is 1.08. The van der Waals surface area contributed by atoms with Crippen LogP contribution in [0.3, 0.4) is 0 Å². The van der Waals surface area contributed by atoms with E-state index in [1.807, 2.05) is 0 Å². The molecule has 0 aromatic carbocycles. The molecule has 0 radical (unpaired) electrons. The van der Waals surface area contributed by atoms with Crippen molar-refractivity contribution in [1.82, 2.24) is 20.0 Å². The number of fused-ring (bicyclic) bond motifs is 1. The van der Waals surface area contributed by atoms with Crippen LogP contribution in [0.15, 0.2) is 27.6 Å². The van der Waals surface area contributed by atoms with Crippen molar-refractivity contribution in [2.45, 2.75) is 32.4 Å². The molecule has 0 spiro atoms. The van der Waals surface area contributed by atoms with Gasteiger partial charge >= 0.3 is 6.09 Å². The van der Waals surface area contributed by atoms with Crippen molar-refractivity contribution in [3.63, 3.8) is 0 Å². The lowest BCUT2D eigenvalue weighted by Gasteiger charge is -2.12. The first-order valence-electron chi connectivity index (χ1n) is 7.81. The topological polar surface area (TPSA) is 102 Å². The highest BCUT2D eigenvalue weighted by Crippen LogP contribution is 2.12. The van der Waals surface area contributed by atoms with Gasteiger partial charge in [-0.2, -0.15) is 0 Å². The van der Waals surface area contributed by atoms with Crippen molar-refractivity contribution < 1.29 is 14.3 Å². The summed E-state index contributed by atoms with van der Waals surface area (Å²) >= 11 is 3.34. The summed E-state index contributed by atoms with van der Waals surface area (Å²) in [7, 11) is 0. The molecule has 1 atom stereocenters. The van der Waals surface area contributed by atoms with Gasteiger partial charge in [0.25, 0.3) is 5.56 Å². The lowest BCUT2D eigenvalue weighted by atomic mass is 10.2. The van der Waals surface area contributed by atoms with E-state index in [-0.39, 0.29) is 24.1 Å². The SMILES string of the molecule is Cc1nc2cc(Br)ccn2c(=O)c1COC(=O)NCC1CCC(=O)N1. The average molecular weight is 409 g/mol. The first kappa shape index (κ1) is 17.4. The lowest BCUT2D eigenvalue weighted by Crippen LogP contribution is -2.38. The summed E-state index contributed by atoms with van der Waals surface area (Å²) in [5.74, 6) is -0.0160.